The first-order chi connectivity index (χ1) is 8.69. The molecule has 0 saturated carbocycles. The van der Waals surface area contributed by atoms with Crippen molar-refractivity contribution in [2.24, 2.45) is 0 Å². The molecule has 1 rings (SSSR count). The van der Waals surface area contributed by atoms with E-state index in [2.05, 4.69) is 10.2 Å². The summed E-state index contributed by atoms with van der Waals surface area (Å²) in [5.41, 5.74) is -0.675. The van der Waals surface area contributed by atoms with E-state index in [1.54, 1.807) is 20.8 Å². The van der Waals surface area contributed by atoms with Crippen LogP contribution >= 0.6 is 0 Å². The molecule has 0 aliphatic carbocycles. The van der Waals surface area contributed by atoms with Gasteiger partial charge >= 0.3 is 18.0 Å². The fourth-order valence-corrected chi connectivity index (χ4v) is 1.25. The minimum absolute atomic E-state index is 0.0195. The molecule has 8 heteroatoms. The number of hydrogen-bond donors (Lipinski definition) is 1. The molecular weight excluding hydrogens is 256 g/mol. The lowest BCUT2D eigenvalue weighted by Gasteiger charge is -2.19. The number of carbonyl (C=O) groups excluding carboxylic acids is 4. The summed E-state index contributed by atoms with van der Waals surface area (Å²) in [6.07, 6.45) is -0.751. The summed E-state index contributed by atoms with van der Waals surface area (Å²) in [6.45, 7) is 4.63. The molecule has 0 radical (unpaired) electrons. The van der Waals surface area contributed by atoms with Crippen molar-refractivity contribution in [2.75, 3.05) is 13.1 Å². The van der Waals surface area contributed by atoms with Crippen LogP contribution < -0.4 is 5.32 Å². The minimum atomic E-state index is -0.856. The van der Waals surface area contributed by atoms with E-state index >= 15 is 0 Å². The predicted molar refractivity (Wildman–Crippen MR) is 61.7 cm³/mol. The molecular formula is C11H16N2O6. The monoisotopic (exact) mass is 272 g/mol. The first-order valence-electron chi connectivity index (χ1n) is 5.71. The molecule has 0 aromatic rings. The normalized spacial score (nSPS) is 15.4. The highest BCUT2D eigenvalue weighted by Crippen LogP contribution is 2.07. The zero-order chi connectivity index (χ0) is 14.6. The molecule has 1 aliphatic rings. The molecule has 0 unspecified atom stereocenters. The van der Waals surface area contributed by atoms with Gasteiger partial charge in [0.25, 0.3) is 0 Å². The number of ketones is 1. The van der Waals surface area contributed by atoms with E-state index in [1.165, 1.54) is 0 Å². The van der Waals surface area contributed by atoms with Crippen LogP contribution in [0.25, 0.3) is 0 Å². The van der Waals surface area contributed by atoms with Crippen LogP contribution in [0.5, 0.6) is 0 Å². The van der Waals surface area contributed by atoms with Gasteiger partial charge in [-0.2, -0.15) is 5.06 Å². The number of hydroxylamine groups is 2. The van der Waals surface area contributed by atoms with Crippen LogP contribution in [0.15, 0.2) is 0 Å². The van der Waals surface area contributed by atoms with Crippen molar-refractivity contribution in [2.45, 2.75) is 32.8 Å². The van der Waals surface area contributed by atoms with Crippen molar-refractivity contribution in [3.8, 4) is 0 Å². The van der Waals surface area contributed by atoms with E-state index in [-0.39, 0.29) is 13.0 Å². The molecule has 106 valence electrons. The van der Waals surface area contributed by atoms with Gasteiger partial charge < -0.3 is 14.9 Å². The largest absolute Gasteiger partial charge is 0.444 e. The molecule has 1 heterocycles. The van der Waals surface area contributed by atoms with E-state index in [0.717, 1.165) is 0 Å². The second kappa shape index (κ2) is 5.68. The topological polar surface area (TPSA) is 102 Å². The summed E-state index contributed by atoms with van der Waals surface area (Å²) in [6, 6.07) is 0. The Morgan fingerprint density at radius 1 is 1.32 bits per heavy atom. The van der Waals surface area contributed by atoms with Crippen molar-refractivity contribution in [3.05, 3.63) is 0 Å². The number of ether oxygens (including phenoxy) is 1. The number of Topliss-reactive ketones (excluding diaryl/α,β-unsaturated/α-hetero) is 1. The lowest BCUT2D eigenvalue weighted by Crippen LogP contribution is -2.39. The van der Waals surface area contributed by atoms with E-state index in [4.69, 9.17) is 4.74 Å². The maximum Gasteiger partial charge on any atom is 0.408 e. The second-order valence-electron chi connectivity index (χ2n) is 4.90. The quantitative estimate of drug-likeness (QED) is 0.712. The van der Waals surface area contributed by atoms with Crippen LogP contribution in [-0.4, -0.2) is 47.5 Å². The van der Waals surface area contributed by atoms with Crippen LogP contribution in [0, 0.1) is 0 Å². The van der Waals surface area contributed by atoms with Gasteiger partial charge in [-0.05, 0) is 20.8 Å². The Hall–Kier alpha value is -2.12. The number of carbonyl (C=O) groups is 4. The van der Waals surface area contributed by atoms with Gasteiger partial charge in [0, 0.05) is 6.42 Å². The van der Waals surface area contributed by atoms with Gasteiger partial charge in [0.15, 0.2) is 0 Å². The first kappa shape index (κ1) is 14.9. The van der Waals surface area contributed by atoms with Crippen molar-refractivity contribution < 1.29 is 28.8 Å². The minimum Gasteiger partial charge on any atom is -0.444 e. The molecule has 2 amide bonds. The predicted octanol–water partition coefficient (Wildman–Crippen LogP) is -0.229. The Kier molecular flexibility index (Phi) is 4.47. The second-order valence-corrected chi connectivity index (χ2v) is 4.90. The Bertz CT molecular complexity index is 412. The van der Waals surface area contributed by atoms with Gasteiger partial charge in [0.1, 0.15) is 12.1 Å². The van der Waals surface area contributed by atoms with E-state index in [1.807, 2.05) is 0 Å². The van der Waals surface area contributed by atoms with E-state index in [9.17, 15) is 19.2 Å². The van der Waals surface area contributed by atoms with Gasteiger partial charge in [-0.3, -0.25) is 9.59 Å². The summed E-state index contributed by atoms with van der Waals surface area (Å²) >= 11 is 0. The highest BCUT2D eigenvalue weighted by atomic mass is 16.7. The van der Waals surface area contributed by atoms with Crippen LogP contribution in [0.3, 0.4) is 0 Å². The number of nitrogens with zero attached hydrogens (tertiary/aromatic N) is 1. The van der Waals surface area contributed by atoms with E-state index < -0.39 is 35.9 Å². The molecule has 0 aromatic heterocycles. The van der Waals surface area contributed by atoms with E-state index in [0.29, 0.717) is 5.06 Å². The lowest BCUT2D eigenvalue weighted by molar-refractivity contribution is -0.191. The van der Waals surface area contributed by atoms with Crippen molar-refractivity contribution in [1.82, 2.24) is 10.4 Å². The van der Waals surface area contributed by atoms with Crippen molar-refractivity contribution >= 4 is 23.8 Å². The summed E-state index contributed by atoms with van der Waals surface area (Å²) in [4.78, 5) is 49.3. The summed E-state index contributed by atoms with van der Waals surface area (Å²) in [5.74, 6) is -2.31. The van der Waals surface area contributed by atoms with Gasteiger partial charge in [-0.1, -0.05) is 0 Å². The standard InChI is InChI=1S/C11H16N2O6/c1-11(2,3)18-10(17)12-6-8(15)19-13-5-4-7(14)9(13)16/h4-6H2,1-3H3,(H,12,17). The van der Waals surface area contributed by atoms with Crippen molar-refractivity contribution in [1.29, 1.82) is 0 Å². The molecule has 8 nitrogen and oxygen atoms in total. The summed E-state index contributed by atoms with van der Waals surface area (Å²) < 4.78 is 4.90. The fraction of sp³-hybridized carbons (Fsp3) is 0.636. The average molecular weight is 272 g/mol. The summed E-state index contributed by atoms with van der Waals surface area (Å²) in [5, 5.41) is 2.86. The molecule has 0 spiro atoms. The number of amides is 2. The highest BCUT2D eigenvalue weighted by molar-refractivity contribution is 6.37. The Balaban J connectivity index is 2.31. The molecule has 0 bridgehead atoms. The van der Waals surface area contributed by atoms with Gasteiger partial charge in [0.2, 0.25) is 5.78 Å². The van der Waals surface area contributed by atoms with Crippen LogP contribution in [0.2, 0.25) is 0 Å². The highest BCUT2D eigenvalue weighted by Gasteiger charge is 2.32. The van der Waals surface area contributed by atoms with Crippen LogP contribution in [0.1, 0.15) is 27.2 Å². The number of nitrogens with one attached hydrogen (secondary N) is 1. The average Bonchev–Trinajstić information content (AvgIpc) is 2.56. The van der Waals surface area contributed by atoms with Crippen LogP contribution in [0.4, 0.5) is 4.79 Å². The van der Waals surface area contributed by atoms with Crippen molar-refractivity contribution in [3.63, 3.8) is 0 Å². The van der Waals surface area contributed by atoms with Crippen LogP contribution in [-0.2, 0) is 24.0 Å². The number of hydrogen-bond acceptors (Lipinski definition) is 6. The molecule has 1 aliphatic heterocycles. The molecule has 1 N–H and O–H groups in total. The zero-order valence-corrected chi connectivity index (χ0v) is 11.0. The summed E-state index contributed by atoms with van der Waals surface area (Å²) in [7, 11) is 0. The molecule has 0 atom stereocenters. The lowest BCUT2D eigenvalue weighted by atomic mass is 10.2. The molecule has 1 saturated heterocycles. The maximum absolute atomic E-state index is 11.3. The van der Waals surface area contributed by atoms with Gasteiger partial charge in [-0.15, -0.1) is 0 Å². The Labute approximate surface area is 110 Å². The maximum atomic E-state index is 11.3. The molecule has 19 heavy (non-hydrogen) atoms. The third kappa shape index (κ3) is 4.94. The molecule has 0 aromatic carbocycles. The zero-order valence-electron chi connectivity index (χ0n) is 11.0. The van der Waals surface area contributed by atoms with Gasteiger partial charge in [-0.25, -0.2) is 9.59 Å². The molecule has 1 fully saturated rings. The Morgan fingerprint density at radius 2 is 1.95 bits per heavy atom. The first-order valence-corrected chi connectivity index (χ1v) is 5.71. The van der Waals surface area contributed by atoms with Gasteiger partial charge in [0.05, 0.1) is 6.54 Å². The number of rotatable bonds is 3. The Morgan fingerprint density at radius 3 is 2.42 bits per heavy atom. The third-order valence-corrected chi connectivity index (χ3v) is 1.99. The fourth-order valence-electron chi connectivity index (χ4n) is 1.25. The number of alkyl carbamates (subject to hydrolysis) is 1. The third-order valence-electron chi connectivity index (χ3n) is 1.99. The smallest absolute Gasteiger partial charge is 0.408 e. The SMILES string of the molecule is CC(C)(C)OC(=O)NCC(=O)ON1CCC(=O)C1=O.